The Kier molecular flexibility index (Phi) is 5.75. The molecule has 0 radical (unpaired) electrons. The van der Waals surface area contributed by atoms with Crippen molar-refractivity contribution < 1.29 is 23.1 Å². The lowest BCUT2D eigenvalue weighted by Gasteiger charge is -2.09. The topological polar surface area (TPSA) is 92.7 Å². The summed E-state index contributed by atoms with van der Waals surface area (Å²) < 4.78 is 31.0. The maximum Gasteiger partial charge on any atom is 0.337 e. The lowest BCUT2D eigenvalue weighted by atomic mass is 10.2. The number of hydrogen-bond acceptors (Lipinski definition) is 4. The number of hydrogen-bond donors (Lipinski definition) is 2. The van der Waals surface area contributed by atoms with Gasteiger partial charge in [0.25, 0.3) is 0 Å². The van der Waals surface area contributed by atoms with E-state index in [0.29, 0.717) is 0 Å². The van der Waals surface area contributed by atoms with Gasteiger partial charge in [-0.25, -0.2) is 17.9 Å². The van der Waals surface area contributed by atoms with E-state index in [1.54, 1.807) is 0 Å². The lowest BCUT2D eigenvalue weighted by Crippen LogP contribution is -2.27. The quantitative estimate of drug-likeness (QED) is 0.742. The first kappa shape index (κ1) is 16.4. The van der Waals surface area contributed by atoms with Crippen LogP contribution in [0.2, 0.25) is 5.02 Å². The van der Waals surface area contributed by atoms with Crippen molar-refractivity contribution in [2.45, 2.75) is 4.90 Å². The molecule has 1 rings (SSSR count). The zero-order chi connectivity index (χ0) is 14.6. The molecule has 0 fully saturated rings. The van der Waals surface area contributed by atoms with Gasteiger partial charge in [-0.05, 0) is 28.1 Å². The SMILES string of the molecule is COCCNS(=O)(=O)c1cc(Br)c(Cl)c(C(=O)O)c1. The Morgan fingerprint density at radius 1 is 1.53 bits per heavy atom. The van der Waals surface area contributed by atoms with E-state index in [9.17, 15) is 13.2 Å². The summed E-state index contributed by atoms with van der Waals surface area (Å²) in [6, 6.07) is 2.24. The maximum absolute atomic E-state index is 11.9. The number of ether oxygens (including phenoxy) is 1. The van der Waals surface area contributed by atoms with E-state index in [0.717, 1.165) is 6.07 Å². The Balaban J connectivity index is 3.17. The molecule has 0 bridgehead atoms. The fourth-order valence-corrected chi connectivity index (χ4v) is 3.10. The summed E-state index contributed by atoms with van der Waals surface area (Å²) in [4.78, 5) is 10.8. The van der Waals surface area contributed by atoms with Crippen LogP contribution < -0.4 is 4.72 Å². The fraction of sp³-hybridized carbons (Fsp3) is 0.300. The van der Waals surface area contributed by atoms with Gasteiger partial charge in [0, 0.05) is 18.1 Å². The number of carbonyl (C=O) groups is 1. The van der Waals surface area contributed by atoms with Crippen molar-refractivity contribution in [2.24, 2.45) is 0 Å². The van der Waals surface area contributed by atoms with Crippen LogP contribution in [0.4, 0.5) is 0 Å². The summed E-state index contributed by atoms with van der Waals surface area (Å²) >= 11 is 8.80. The highest BCUT2D eigenvalue weighted by Crippen LogP contribution is 2.29. The Morgan fingerprint density at radius 3 is 2.68 bits per heavy atom. The molecule has 0 atom stereocenters. The average molecular weight is 373 g/mol. The van der Waals surface area contributed by atoms with Gasteiger partial charge < -0.3 is 9.84 Å². The molecule has 9 heteroatoms. The van der Waals surface area contributed by atoms with Crippen molar-refractivity contribution in [3.63, 3.8) is 0 Å². The number of methoxy groups -OCH3 is 1. The first-order valence-electron chi connectivity index (χ1n) is 5.00. The van der Waals surface area contributed by atoms with Crippen LogP contribution in [-0.2, 0) is 14.8 Å². The van der Waals surface area contributed by atoms with Gasteiger partial charge in [-0.2, -0.15) is 0 Å². The van der Waals surface area contributed by atoms with Crippen LogP contribution in [0.3, 0.4) is 0 Å². The van der Waals surface area contributed by atoms with Gasteiger partial charge in [-0.15, -0.1) is 0 Å². The van der Waals surface area contributed by atoms with E-state index in [1.165, 1.54) is 13.2 Å². The molecule has 0 aromatic heterocycles. The fourth-order valence-electron chi connectivity index (χ4n) is 1.24. The van der Waals surface area contributed by atoms with E-state index in [-0.39, 0.29) is 33.1 Å². The smallest absolute Gasteiger partial charge is 0.337 e. The van der Waals surface area contributed by atoms with E-state index in [4.69, 9.17) is 21.4 Å². The molecule has 0 saturated heterocycles. The third-order valence-corrected chi connectivity index (χ3v) is 4.84. The van der Waals surface area contributed by atoms with Gasteiger partial charge in [-0.3, -0.25) is 0 Å². The van der Waals surface area contributed by atoms with E-state index in [2.05, 4.69) is 20.7 Å². The van der Waals surface area contributed by atoms with Crippen LogP contribution in [-0.4, -0.2) is 39.8 Å². The van der Waals surface area contributed by atoms with Gasteiger partial charge in [-0.1, -0.05) is 11.6 Å². The van der Waals surface area contributed by atoms with Crippen molar-refractivity contribution in [3.8, 4) is 0 Å². The summed E-state index contributed by atoms with van der Waals surface area (Å²) in [7, 11) is -2.37. The number of carboxylic acids is 1. The summed E-state index contributed by atoms with van der Waals surface area (Å²) in [5.41, 5.74) is -0.289. The van der Waals surface area contributed by atoms with E-state index in [1.807, 2.05) is 0 Å². The van der Waals surface area contributed by atoms with Crippen LogP contribution in [0.25, 0.3) is 0 Å². The second-order valence-corrected chi connectivity index (χ2v) is 6.46. The molecule has 6 nitrogen and oxygen atoms in total. The number of carboxylic acid groups (broad SMARTS) is 1. The van der Waals surface area contributed by atoms with Crippen molar-refractivity contribution in [2.75, 3.05) is 20.3 Å². The molecule has 106 valence electrons. The number of rotatable bonds is 6. The molecule has 0 saturated carbocycles. The van der Waals surface area contributed by atoms with E-state index >= 15 is 0 Å². The Hall–Kier alpha value is -0.670. The van der Waals surface area contributed by atoms with Crippen molar-refractivity contribution in [3.05, 3.63) is 27.2 Å². The minimum atomic E-state index is -3.81. The molecule has 19 heavy (non-hydrogen) atoms. The summed E-state index contributed by atoms with van der Waals surface area (Å²) in [5.74, 6) is -1.31. The Morgan fingerprint density at radius 2 is 2.16 bits per heavy atom. The number of benzene rings is 1. The van der Waals surface area contributed by atoms with Crippen LogP contribution in [0.15, 0.2) is 21.5 Å². The molecule has 0 unspecified atom stereocenters. The molecular weight excluding hydrogens is 362 g/mol. The molecule has 0 heterocycles. The molecule has 0 aliphatic carbocycles. The van der Waals surface area contributed by atoms with Gasteiger partial charge in [0.15, 0.2) is 0 Å². The Bertz CT molecular complexity index is 590. The third-order valence-electron chi connectivity index (χ3n) is 2.14. The molecular formula is C10H11BrClNO5S. The van der Waals surface area contributed by atoms with Crippen LogP contribution in [0.1, 0.15) is 10.4 Å². The monoisotopic (exact) mass is 371 g/mol. The first-order valence-corrected chi connectivity index (χ1v) is 7.66. The maximum atomic E-state index is 11.9. The lowest BCUT2D eigenvalue weighted by molar-refractivity contribution is 0.0696. The van der Waals surface area contributed by atoms with Crippen molar-refractivity contribution >= 4 is 43.5 Å². The normalized spacial score (nSPS) is 11.5. The average Bonchev–Trinajstić information content (AvgIpc) is 2.32. The number of aromatic carboxylic acids is 1. The van der Waals surface area contributed by atoms with Gasteiger partial charge >= 0.3 is 5.97 Å². The highest BCUT2D eigenvalue weighted by atomic mass is 79.9. The number of halogens is 2. The molecule has 0 spiro atoms. The molecule has 0 aliphatic heterocycles. The highest BCUT2D eigenvalue weighted by Gasteiger charge is 2.20. The van der Waals surface area contributed by atoms with Gasteiger partial charge in [0.05, 0.1) is 22.1 Å². The standard InChI is InChI=1S/C10H11BrClNO5S/c1-18-3-2-13-19(16,17)6-4-7(10(14)15)9(12)8(11)5-6/h4-5,13H,2-3H2,1H3,(H,14,15). The van der Waals surface area contributed by atoms with Crippen molar-refractivity contribution in [1.82, 2.24) is 4.72 Å². The molecule has 2 N–H and O–H groups in total. The van der Waals surface area contributed by atoms with Crippen LogP contribution >= 0.6 is 27.5 Å². The molecule has 0 aliphatic rings. The summed E-state index contributed by atoms with van der Waals surface area (Å²) in [5, 5.41) is 8.90. The van der Waals surface area contributed by atoms with Gasteiger partial charge in [0.1, 0.15) is 0 Å². The zero-order valence-corrected chi connectivity index (χ0v) is 13.0. The number of sulfonamides is 1. The largest absolute Gasteiger partial charge is 0.478 e. The van der Waals surface area contributed by atoms with Crippen molar-refractivity contribution in [1.29, 1.82) is 0 Å². The number of nitrogens with one attached hydrogen (secondary N) is 1. The molecule has 1 aromatic carbocycles. The van der Waals surface area contributed by atoms with E-state index < -0.39 is 16.0 Å². The minimum Gasteiger partial charge on any atom is -0.478 e. The summed E-state index contributed by atoms with van der Waals surface area (Å²) in [6.45, 7) is 0.293. The zero-order valence-electron chi connectivity index (χ0n) is 9.81. The highest BCUT2D eigenvalue weighted by molar-refractivity contribution is 9.10. The van der Waals surface area contributed by atoms with Crippen LogP contribution in [0, 0.1) is 0 Å². The predicted molar refractivity (Wildman–Crippen MR) is 73.2 cm³/mol. The molecule has 0 amide bonds. The third kappa shape index (κ3) is 4.15. The summed E-state index contributed by atoms with van der Waals surface area (Å²) in [6.07, 6.45) is 0. The first-order chi connectivity index (χ1) is 8.79. The van der Waals surface area contributed by atoms with Crippen LogP contribution in [0.5, 0.6) is 0 Å². The minimum absolute atomic E-state index is 0.0525. The predicted octanol–water partition coefficient (Wildman–Crippen LogP) is 1.73. The Labute approximate surface area is 123 Å². The van der Waals surface area contributed by atoms with Gasteiger partial charge in [0.2, 0.25) is 10.0 Å². The second kappa shape index (κ2) is 6.67. The molecule has 1 aromatic rings. The second-order valence-electron chi connectivity index (χ2n) is 3.46.